The summed E-state index contributed by atoms with van der Waals surface area (Å²) in [5, 5.41) is 11.7. The first-order chi connectivity index (χ1) is 9.56. The van der Waals surface area contributed by atoms with Crippen molar-refractivity contribution in [1.29, 1.82) is 0 Å². The number of hydrogen-bond acceptors (Lipinski definition) is 4. The zero-order valence-electron chi connectivity index (χ0n) is 11.5. The summed E-state index contributed by atoms with van der Waals surface area (Å²) in [6, 6.07) is 0. The quantitative estimate of drug-likeness (QED) is 0.703. The van der Waals surface area contributed by atoms with Gasteiger partial charge < -0.3 is 15.3 Å². The van der Waals surface area contributed by atoms with Crippen molar-refractivity contribution in [1.82, 2.24) is 15.1 Å². The normalized spacial score (nSPS) is 22.2. The van der Waals surface area contributed by atoms with Crippen LogP contribution in [0.4, 0.5) is 0 Å². The Bertz CT molecular complexity index is 391. The highest BCUT2D eigenvalue weighted by molar-refractivity contribution is 5.79. The van der Waals surface area contributed by atoms with Crippen molar-refractivity contribution in [3.05, 3.63) is 0 Å². The van der Waals surface area contributed by atoms with Crippen molar-refractivity contribution in [2.75, 3.05) is 39.3 Å². The summed E-state index contributed by atoms with van der Waals surface area (Å²) in [7, 11) is 0. The molecule has 2 saturated heterocycles. The molecule has 0 aliphatic carbocycles. The number of hydrogen-bond donors (Lipinski definition) is 2. The maximum Gasteiger partial charge on any atom is 0.306 e. The van der Waals surface area contributed by atoms with Gasteiger partial charge in [0.25, 0.3) is 0 Å². The van der Waals surface area contributed by atoms with E-state index in [1.807, 2.05) is 4.90 Å². The summed E-state index contributed by atoms with van der Waals surface area (Å²) in [5.74, 6) is -1.03. The van der Waals surface area contributed by atoms with E-state index < -0.39 is 5.97 Å². The number of likely N-dealkylation sites (tertiary alicyclic amines) is 1. The Labute approximate surface area is 117 Å². The van der Waals surface area contributed by atoms with E-state index in [0.717, 1.165) is 0 Å². The van der Waals surface area contributed by atoms with Crippen LogP contribution in [-0.2, 0) is 14.4 Å². The molecule has 0 aromatic heterocycles. The second kappa shape index (κ2) is 6.69. The Hall–Kier alpha value is -1.63. The van der Waals surface area contributed by atoms with Gasteiger partial charge in [-0.25, -0.2) is 0 Å². The highest BCUT2D eigenvalue weighted by atomic mass is 16.4. The molecule has 2 heterocycles. The zero-order valence-corrected chi connectivity index (χ0v) is 11.5. The standard InChI is InChI=1S/C13H21N3O4/c17-11-3-5-15(8-4-14-11)9-12(18)16-6-1-10(2-7-16)13(19)20/h10H,1-9H2,(H,14,17)(H,19,20). The van der Waals surface area contributed by atoms with Crippen molar-refractivity contribution in [2.45, 2.75) is 19.3 Å². The fraction of sp³-hybridized carbons (Fsp3) is 0.769. The fourth-order valence-electron chi connectivity index (χ4n) is 2.64. The van der Waals surface area contributed by atoms with Gasteiger partial charge in [0, 0.05) is 39.1 Å². The zero-order chi connectivity index (χ0) is 14.5. The molecule has 2 amide bonds. The first-order valence-electron chi connectivity index (χ1n) is 7.06. The lowest BCUT2D eigenvalue weighted by Gasteiger charge is -2.31. The van der Waals surface area contributed by atoms with Gasteiger partial charge in [0.05, 0.1) is 12.5 Å². The summed E-state index contributed by atoms with van der Waals surface area (Å²) >= 11 is 0. The predicted molar refractivity (Wildman–Crippen MR) is 71.0 cm³/mol. The maximum atomic E-state index is 12.2. The van der Waals surface area contributed by atoms with E-state index in [9.17, 15) is 14.4 Å². The van der Waals surface area contributed by atoms with Crippen LogP contribution in [0.25, 0.3) is 0 Å². The largest absolute Gasteiger partial charge is 0.481 e. The SMILES string of the molecule is O=C1CCN(CC(=O)N2CCC(C(=O)O)CC2)CCN1. The van der Waals surface area contributed by atoms with Gasteiger partial charge in [-0.15, -0.1) is 0 Å². The van der Waals surface area contributed by atoms with Crippen LogP contribution in [0.5, 0.6) is 0 Å². The molecule has 0 radical (unpaired) electrons. The topological polar surface area (TPSA) is 90.0 Å². The monoisotopic (exact) mass is 283 g/mol. The van der Waals surface area contributed by atoms with Crippen LogP contribution < -0.4 is 5.32 Å². The van der Waals surface area contributed by atoms with Gasteiger partial charge in [-0.05, 0) is 12.8 Å². The number of nitrogens with one attached hydrogen (secondary N) is 1. The second-order valence-electron chi connectivity index (χ2n) is 5.37. The molecule has 2 N–H and O–H groups in total. The number of piperidine rings is 1. The number of nitrogens with zero attached hydrogens (tertiary/aromatic N) is 2. The lowest BCUT2D eigenvalue weighted by molar-refractivity contribution is -0.145. The summed E-state index contributed by atoms with van der Waals surface area (Å²) in [5.41, 5.74) is 0. The molecule has 0 bridgehead atoms. The molecule has 0 atom stereocenters. The molecule has 0 unspecified atom stereocenters. The molecule has 0 saturated carbocycles. The van der Waals surface area contributed by atoms with Crippen LogP contribution in [0, 0.1) is 5.92 Å². The van der Waals surface area contributed by atoms with Gasteiger partial charge in [0.15, 0.2) is 0 Å². The van der Waals surface area contributed by atoms with Gasteiger partial charge in [0.2, 0.25) is 11.8 Å². The molecule has 0 aromatic rings. The molecule has 2 aliphatic rings. The first kappa shape index (κ1) is 14.8. The number of carbonyl (C=O) groups is 3. The Morgan fingerprint density at radius 1 is 1.20 bits per heavy atom. The Balaban J connectivity index is 1.77. The van der Waals surface area contributed by atoms with Crippen LogP contribution in [-0.4, -0.2) is 72.0 Å². The molecule has 2 fully saturated rings. The van der Waals surface area contributed by atoms with Gasteiger partial charge >= 0.3 is 5.97 Å². The Morgan fingerprint density at radius 2 is 1.90 bits per heavy atom. The van der Waals surface area contributed by atoms with Gasteiger partial charge in [-0.2, -0.15) is 0 Å². The van der Waals surface area contributed by atoms with Crippen molar-refractivity contribution in [3.63, 3.8) is 0 Å². The van der Waals surface area contributed by atoms with Crippen molar-refractivity contribution >= 4 is 17.8 Å². The van der Waals surface area contributed by atoms with E-state index in [4.69, 9.17) is 5.11 Å². The number of carboxylic acids is 1. The third-order valence-electron chi connectivity index (χ3n) is 3.96. The number of carboxylic acid groups (broad SMARTS) is 1. The molecule has 0 aromatic carbocycles. The Morgan fingerprint density at radius 3 is 2.55 bits per heavy atom. The maximum absolute atomic E-state index is 12.2. The van der Waals surface area contributed by atoms with Crippen LogP contribution >= 0.6 is 0 Å². The van der Waals surface area contributed by atoms with Crippen LogP contribution in [0.2, 0.25) is 0 Å². The van der Waals surface area contributed by atoms with Crippen molar-refractivity contribution < 1.29 is 19.5 Å². The summed E-state index contributed by atoms with van der Waals surface area (Å²) < 4.78 is 0. The van der Waals surface area contributed by atoms with Gasteiger partial charge in [0.1, 0.15) is 0 Å². The van der Waals surface area contributed by atoms with Crippen LogP contribution in [0.15, 0.2) is 0 Å². The van der Waals surface area contributed by atoms with Crippen molar-refractivity contribution in [2.24, 2.45) is 5.92 Å². The summed E-state index contributed by atoms with van der Waals surface area (Å²) in [6.07, 6.45) is 1.48. The summed E-state index contributed by atoms with van der Waals surface area (Å²) in [6.45, 7) is 3.20. The molecule has 112 valence electrons. The molecule has 2 aliphatic heterocycles. The molecule has 0 spiro atoms. The minimum absolute atomic E-state index is 0.0298. The number of aliphatic carboxylic acids is 1. The molecule has 7 nitrogen and oxygen atoms in total. The van der Waals surface area contributed by atoms with Gasteiger partial charge in [-0.3, -0.25) is 19.3 Å². The third-order valence-corrected chi connectivity index (χ3v) is 3.96. The van der Waals surface area contributed by atoms with E-state index in [1.54, 1.807) is 4.90 Å². The fourth-order valence-corrected chi connectivity index (χ4v) is 2.64. The lowest BCUT2D eigenvalue weighted by atomic mass is 9.97. The first-order valence-corrected chi connectivity index (χ1v) is 7.06. The average Bonchev–Trinajstić information content (AvgIpc) is 2.64. The second-order valence-corrected chi connectivity index (χ2v) is 5.37. The highest BCUT2D eigenvalue weighted by Gasteiger charge is 2.27. The van der Waals surface area contributed by atoms with E-state index in [1.165, 1.54) is 0 Å². The van der Waals surface area contributed by atoms with Gasteiger partial charge in [-0.1, -0.05) is 0 Å². The minimum atomic E-state index is -0.769. The Kier molecular flexibility index (Phi) is 4.94. The lowest BCUT2D eigenvalue weighted by Crippen LogP contribution is -2.45. The number of rotatable bonds is 3. The highest BCUT2D eigenvalue weighted by Crippen LogP contribution is 2.17. The van der Waals surface area contributed by atoms with E-state index in [0.29, 0.717) is 58.5 Å². The smallest absolute Gasteiger partial charge is 0.306 e. The molecular weight excluding hydrogens is 262 g/mol. The third kappa shape index (κ3) is 3.93. The number of carbonyl (C=O) groups excluding carboxylic acids is 2. The molecular formula is C13H21N3O4. The summed E-state index contributed by atoms with van der Waals surface area (Å²) in [4.78, 5) is 38.0. The molecule has 20 heavy (non-hydrogen) atoms. The number of amides is 2. The molecule has 2 rings (SSSR count). The van der Waals surface area contributed by atoms with E-state index in [2.05, 4.69) is 5.32 Å². The average molecular weight is 283 g/mol. The molecule has 7 heteroatoms. The van der Waals surface area contributed by atoms with Crippen LogP contribution in [0.1, 0.15) is 19.3 Å². The predicted octanol–water partition coefficient (Wildman–Crippen LogP) is -0.868. The van der Waals surface area contributed by atoms with Crippen molar-refractivity contribution in [3.8, 4) is 0 Å². The van der Waals surface area contributed by atoms with Crippen LogP contribution in [0.3, 0.4) is 0 Å². The van der Waals surface area contributed by atoms with E-state index >= 15 is 0 Å². The minimum Gasteiger partial charge on any atom is -0.481 e. The van der Waals surface area contributed by atoms with E-state index in [-0.39, 0.29) is 17.7 Å².